The molecular weight excluding hydrogens is 238 g/mol. The molecule has 0 amide bonds. The third-order valence-electron chi connectivity index (χ3n) is 2.71. The molecule has 0 unspecified atom stereocenters. The van der Waals surface area contributed by atoms with Gasteiger partial charge in [-0.2, -0.15) is 0 Å². The van der Waals surface area contributed by atoms with Crippen molar-refractivity contribution in [3.05, 3.63) is 59.2 Å². The van der Waals surface area contributed by atoms with E-state index < -0.39 is 5.97 Å². The minimum atomic E-state index is -0.962. The summed E-state index contributed by atoms with van der Waals surface area (Å²) in [5.74, 6) is 1.58. The van der Waals surface area contributed by atoms with E-state index >= 15 is 0 Å². The lowest BCUT2D eigenvalue weighted by Crippen LogP contribution is -2.03. The Labute approximate surface area is 111 Å². The maximum atomic E-state index is 11.2. The van der Waals surface area contributed by atoms with Gasteiger partial charge in [0.15, 0.2) is 0 Å². The number of terminal acetylenes is 1. The van der Waals surface area contributed by atoms with Crippen molar-refractivity contribution in [3.8, 4) is 12.3 Å². The molecule has 0 bridgehead atoms. The van der Waals surface area contributed by atoms with E-state index in [0.29, 0.717) is 5.69 Å². The Morgan fingerprint density at radius 2 is 2.05 bits per heavy atom. The zero-order chi connectivity index (χ0) is 13.8. The third-order valence-corrected chi connectivity index (χ3v) is 2.71. The molecule has 0 aliphatic rings. The van der Waals surface area contributed by atoms with Gasteiger partial charge in [-0.25, -0.2) is 4.79 Å². The summed E-state index contributed by atoms with van der Waals surface area (Å²) >= 11 is 0. The number of benzene rings is 2. The van der Waals surface area contributed by atoms with Crippen LogP contribution in [-0.4, -0.2) is 11.1 Å². The number of hydrogen-bond donors (Lipinski definition) is 2. The molecule has 0 saturated heterocycles. The Morgan fingerprint density at radius 1 is 1.26 bits per heavy atom. The molecule has 0 spiro atoms. The van der Waals surface area contributed by atoms with Gasteiger partial charge in [0.1, 0.15) is 0 Å². The van der Waals surface area contributed by atoms with Crippen LogP contribution >= 0.6 is 0 Å². The van der Waals surface area contributed by atoms with E-state index in [2.05, 4.69) is 11.2 Å². The highest BCUT2D eigenvalue weighted by atomic mass is 16.4. The third kappa shape index (κ3) is 2.93. The van der Waals surface area contributed by atoms with Crippen LogP contribution in [0.15, 0.2) is 42.5 Å². The number of carbonyl (C=O) groups is 1. The molecule has 0 radical (unpaired) electrons. The lowest BCUT2D eigenvalue weighted by atomic mass is 10.1. The van der Waals surface area contributed by atoms with Crippen molar-refractivity contribution in [1.82, 2.24) is 0 Å². The van der Waals surface area contributed by atoms with E-state index in [1.165, 1.54) is 0 Å². The molecule has 3 nitrogen and oxygen atoms in total. The van der Waals surface area contributed by atoms with E-state index in [-0.39, 0.29) is 5.56 Å². The lowest BCUT2D eigenvalue weighted by Gasteiger charge is -2.11. The maximum Gasteiger partial charge on any atom is 0.337 e. The highest BCUT2D eigenvalue weighted by molar-refractivity contribution is 5.95. The van der Waals surface area contributed by atoms with Gasteiger partial charge in [0.05, 0.1) is 11.3 Å². The van der Waals surface area contributed by atoms with Gasteiger partial charge >= 0.3 is 5.97 Å². The van der Waals surface area contributed by atoms with Crippen molar-refractivity contribution in [1.29, 1.82) is 0 Å². The van der Waals surface area contributed by atoms with Crippen molar-refractivity contribution in [3.63, 3.8) is 0 Å². The monoisotopic (exact) mass is 251 g/mol. The van der Waals surface area contributed by atoms with Crippen LogP contribution in [0.25, 0.3) is 0 Å². The smallest absolute Gasteiger partial charge is 0.337 e. The van der Waals surface area contributed by atoms with Gasteiger partial charge in [-0.1, -0.05) is 18.1 Å². The zero-order valence-electron chi connectivity index (χ0n) is 10.5. The first kappa shape index (κ1) is 12.7. The van der Waals surface area contributed by atoms with Gasteiger partial charge < -0.3 is 10.4 Å². The minimum Gasteiger partial charge on any atom is -0.478 e. The fourth-order valence-corrected chi connectivity index (χ4v) is 1.79. The Balaban J connectivity index is 2.40. The van der Waals surface area contributed by atoms with E-state index in [9.17, 15) is 4.79 Å². The van der Waals surface area contributed by atoms with Crippen LogP contribution < -0.4 is 5.32 Å². The molecule has 0 aliphatic heterocycles. The van der Waals surface area contributed by atoms with E-state index in [0.717, 1.165) is 16.8 Å². The summed E-state index contributed by atoms with van der Waals surface area (Å²) in [6.45, 7) is 1.91. The molecule has 0 heterocycles. The summed E-state index contributed by atoms with van der Waals surface area (Å²) in [5.41, 5.74) is 3.29. The fourth-order valence-electron chi connectivity index (χ4n) is 1.79. The van der Waals surface area contributed by atoms with Crippen LogP contribution in [0, 0.1) is 19.3 Å². The number of aromatic carboxylic acids is 1. The number of hydrogen-bond acceptors (Lipinski definition) is 2. The normalized spacial score (nSPS) is 9.68. The van der Waals surface area contributed by atoms with Crippen molar-refractivity contribution >= 4 is 17.3 Å². The second-order valence-electron chi connectivity index (χ2n) is 4.20. The van der Waals surface area contributed by atoms with Crippen LogP contribution in [0.1, 0.15) is 21.5 Å². The average molecular weight is 251 g/mol. The van der Waals surface area contributed by atoms with Gasteiger partial charge in [-0.3, -0.25) is 0 Å². The second kappa shape index (κ2) is 5.28. The van der Waals surface area contributed by atoms with Gasteiger partial charge in [0.2, 0.25) is 0 Å². The number of nitrogens with one attached hydrogen (secondary N) is 1. The van der Waals surface area contributed by atoms with E-state index in [1.807, 2.05) is 25.1 Å². The van der Waals surface area contributed by atoms with E-state index in [4.69, 9.17) is 11.5 Å². The SMILES string of the molecule is C#Cc1cccc(Nc2cc(C)ccc2C(=O)O)c1. The number of carboxylic acids is 1. The van der Waals surface area contributed by atoms with Gasteiger partial charge in [-0.15, -0.1) is 6.42 Å². The van der Waals surface area contributed by atoms with Crippen LogP contribution in [0.4, 0.5) is 11.4 Å². The Kier molecular flexibility index (Phi) is 3.53. The first-order valence-electron chi connectivity index (χ1n) is 5.78. The quantitative estimate of drug-likeness (QED) is 0.822. The molecule has 94 valence electrons. The highest BCUT2D eigenvalue weighted by Crippen LogP contribution is 2.23. The molecule has 0 atom stereocenters. The Morgan fingerprint density at radius 3 is 2.74 bits per heavy atom. The summed E-state index contributed by atoms with van der Waals surface area (Å²) in [6, 6.07) is 12.4. The Hall–Kier alpha value is -2.73. The van der Waals surface area contributed by atoms with Gasteiger partial charge in [0, 0.05) is 11.3 Å². The molecule has 19 heavy (non-hydrogen) atoms. The molecule has 2 N–H and O–H groups in total. The summed E-state index contributed by atoms with van der Waals surface area (Å²) < 4.78 is 0. The molecule has 0 aliphatic carbocycles. The van der Waals surface area contributed by atoms with Crippen molar-refractivity contribution < 1.29 is 9.90 Å². The van der Waals surface area contributed by atoms with Crippen molar-refractivity contribution in [2.45, 2.75) is 6.92 Å². The summed E-state index contributed by atoms with van der Waals surface area (Å²) in [7, 11) is 0. The molecule has 3 heteroatoms. The number of rotatable bonds is 3. The molecule has 0 saturated carbocycles. The second-order valence-corrected chi connectivity index (χ2v) is 4.20. The first-order valence-corrected chi connectivity index (χ1v) is 5.78. The minimum absolute atomic E-state index is 0.233. The van der Waals surface area contributed by atoms with Crippen molar-refractivity contribution in [2.24, 2.45) is 0 Å². The molecular formula is C16H13NO2. The number of anilines is 2. The lowest BCUT2D eigenvalue weighted by molar-refractivity contribution is 0.0698. The maximum absolute atomic E-state index is 11.2. The van der Waals surface area contributed by atoms with Crippen molar-refractivity contribution in [2.75, 3.05) is 5.32 Å². The van der Waals surface area contributed by atoms with Gasteiger partial charge in [-0.05, 0) is 42.8 Å². The molecule has 0 aromatic heterocycles. The molecule has 0 fully saturated rings. The predicted octanol–water partition coefficient (Wildman–Crippen LogP) is 3.42. The standard InChI is InChI=1S/C16H13NO2/c1-3-12-5-4-6-13(10-12)17-15-9-11(2)7-8-14(15)16(18)19/h1,4-10,17H,2H3,(H,18,19). The average Bonchev–Trinajstić information content (AvgIpc) is 2.38. The number of aryl methyl sites for hydroxylation is 1. The van der Waals surface area contributed by atoms with Crippen LogP contribution in [0.3, 0.4) is 0 Å². The van der Waals surface area contributed by atoms with Gasteiger partial charge in [0.25, 0.3) is 0 Å². The molecule has 2 rings (SSSR count). The largest absolute Gasteiger partial charge is 0.478 e. The summed E-state index contributed by atoms with van der Waals surface area (Å²) in [6.07, 6.45) is 5.34. The summed E-state index contributed by atoms with van der Waals surface area (Å²) in [4.78, 5) is 11.2. The van der Waals surface area contributed by atoms with Crippen LogP contribution in [-0.2, 0) is 0 Å². The highest BCUT2D eigenvalue weighted by Gasteiger charge is 2.10. The fraction of sp³-hybridized carbons (Fsp3) is 0.0625. The zero-order valence-corrected chi connectivity index (χ0v) is 10.5. The first-order chi connectivity index (χ1) is 9.10. The van der Waals surface area contributed by atoms with E-state index in [1.54, 1.807) is 24.3 Å². The van der Waals surface area contributed by atoms with Crippen LogP contribution in [0.2, 0.25) is 0 Å². The molecule has 2 aromatic carbocycles. The number of carboxylic acid groups (broad SMARTS) is 1. The Bertz CT molecular complexity index is 669. The topological polar surface area (TPSA) is 49.3 Å². The predicted molar refractivity (Wildman–Crippen MR) is 75.8 cm³/mol. The summed E-state index contributed by atoms with van der Waals surface area (Å²) in [5, 5.41) is 12.3. The van der Waals surface area contributed by atoms with Crippen LogP contribution in [0.5, 0.6) is 0 Å². The molecule has 2 aromatic rings.